The van der Waals surface area contributed by atoms with E-state index in [-0.39, 0.29) is 11.7 Å². The van der Waals surface area contributed by atoms with Crippen molar-refractivity contribution in [2.45, 2.75) is 38.3 Å². The number of benzene rings is 1. The summed E-state index contributed by atoms with van der Waals surface area (Å²) in [5.74, 6) is 0.227. The molecule has 0 bridgehead atoms. The molecule has 3 aromatic rings. The maximum atomic E-state index is 15.3. The monoisotopic (exact) mass is 452 g/mol. The zero-order chi connectivity index (χ0) is 23.1. The molecule has 5 rings (SSSR count). The van der Waals surface area contributed by atoms with Gasteiger partial charge in [0.25, 0.3) is 0 Å². The van der Waals surface area contributed by atoms with E-state index in [1.165, 1.54) is 6.20 Å². The summed E-state index contributed by atoms with van der Waals surface area (Å²) >= 11 is 0. The van der Waals surface area contributed by atoms with Crippen LogP contribution < -0.4 is 26.4 Å². The number of anilines is 3. The van der Waals surface area contributed by atoms with Crippen molar-refractivity contribution in [1.29, 1.82) is 0 Å². The fraction of sp³-hybridized carbons (Fsp3) is 0.348. The number of nitrogens with two attached hydrogens (primary N) is 1. The molecule has 9 nitrogen and oxygen atoms in total. The fourth-order valence-corrected chi connectivity index (χ4v) is 4.48. The van der Waals surface area contributed by atoms with Gasteiger partial charge in [-0.05, 0) is 49.3 Å². The number of pyridine rings is 2. The maximum absolute atomic E-state index is 15.3. The van der Waals surface area contributed by atoms with Gasteiger partial charge in [0.1, 0.15) is 18.1 Å². The van der Waals surface area contributed by atoms with Crippen molar-refractivity contribution in [2.24, 2.45) is 0 Å². The van der Waals surface area contributed by atoms with E-state index in [1.54, 1.807) is 18.3 Å². The number of nitrogen functional groups attached to an aromatic ring is 1. The minimum atomic E-state index is -0.556. The molecule has 2 amide bonds. The first-order chi connectivity index (χ1) is 15.9. The third-order valence-corrected chi connectivity index (χ3v) is 6.27. The Hall–Kier alpha value is -3.66. The van der Waals surface area contributed by atoms with E-state index in [0.717, 1.165) is 24.1 Å². The molecule has 2 atom stereocenters. The standard InChI is InChI=1S/C23H25FN6O3/c1-11-14(9-28-22-21(11)26-5-6-33-22)13-7-12-8-18(27-10-15(12)20(25)19(13)24)30-23(32)29-16-3-2-4-17(16)31/h7-10,16-17,26,31H,2-6,25H2,1H3,(H2,27,29,30,32)/t16-,17+/m1/s1. The largest absolute Gasteiger partial charge is 0.474 e. The molecule has 0 saturated heterocycles. The number of fused-ring (bicyclic) bond motifs is 2. The minimum absolute atomic E-state index is 0.0265. The van der Waals surface area contributed by atoms with Crippen molar-refractivity contribution in [3.8, 4) is 17.0 Å². The Kier molecular flexibility index (Phi) is 5.37. The second-order valence-electron chi connectivity index (χ2n) is 8.40. The minimum Gasteiger partial charge on any atom is -0.474 e. The molecule has 0 radical (unpaired) electrons. The topological polar surface area (TPSA) is 134 Å². The highest BCUT2D eigenvalue weighted by molar-refractivity contribution is 6.00. The number of carbonyl (C=O) groups is 1. The number of nitrogens with one attached hydrogen (secondary N) is 3. The molecule has 33 heavy (non-hydrogen) atoms. The zero-order valence-corrected chi connectivity index (χ0v) is 18.1. The van der Waals surface area contributed by atoms with E-state index in [4.69, 9.17) is 10.5 Å². The van der Waals surface area contributed by atoms with Gasteiger partial charge >= 0.3 is 6.03 Å². The van der Waals surface area contributed by atoms with E-state index in [9.17, 15) is 9.90 Å². The Morgan fingerprint density at radius 2 is 2.12 bits per heavy atom. The fourth-order valence-electron chi connectivity index (χ4n) is 4.48. The number of amides is 2. The van der Waals surface area contributed by atoms with E-state index in [1.807, 2.05) is 6.92 Å². The second-order valence-corrected chi connectivity index (χ2v) is 8.40. The number of hydrogen-bond donors (Lipinski definition) is 5. The molecule has 1 aromatic carbocycles. The van der Waals surface area contributed by atoms with Crippen LogP contribution in [0.2, 0.25) is 0 Å². The highest BCUT2D eigenvalue weighted by atomic mass is 19.1. The van der Waals surface area contributed by atoms with Crippen molar-refractivity contribution in [3.63, 3.8) is 0 Å². The summed E-state index contributed by atoms with van der Waals surface area (Å²) in [5, 5.41) is 19.7. The number of halogens is 1. The summed E-state index contributed by atoms with van der Waals surface area (Å²) < 4.78 is 20.8. The lowest BCUT2D eigenvalue weighted by Crippen LogP contribution is -2.42. The Morgan fingerprint density at radius 3 is 2.91 bits per heavy atom. The molecular weight excluding hydrogens is 427 g/mol. The van der Waals surface area contributed by atoms with Crippen molar-refractivity contribution in [1.82, 2.24) is 15.3 Å². The molecule has 0 spiro atoms. The maximum Gasteiger partial charge on any atom is 0.320 e. The number of urea groups is 1. The molecule has 1 aliphatic carbocycles. The Balaban J connectivity index is 1.48. The van der Waals surface area contributed by atoms with Gasteiger partial charge in [-0.3, -0.25) is 5.32 Å². The average Bonchev–Trinajstić information content (AvgIpc) is 3.21. The van der Waals surface area contributed by atoms with Crippen molar-refractivity contribution in [2.75, 3.05) is 29.5 Å². The number of aliphatic hydroxyl groups is 1. The molecule has 1 fully saturated rings. The van der Waals surface area contributed by atoms with Crippen LogP contribution in [0.15, 0.2) is 24.5 Å². The van der Waals surface area contributed by atoms with E-state index < -0.39 is 18.0 Å². The molecule has 0 unspecified atom stereocenters. The number of nitrogens with zero attached hydrogens (tertiary/aromatic N) is 2. The van der Waals surface area contributed by atoms with Crippen molar-refractivity contribution < 1.29 is 19.0 Å². The predicted molar refractivity (Wildman–Crippen MR) is 124 cm³/mol. The number of rotatable bonds is 3. The predicted octanol–water partition coefficient (Wildman–Crippen LogP) is 3.17. The van der Waals surface area contributed by atoms with Crippen LogP contribution in [0.4, 0.5) is 26.4 Å². The van der Waals surface area contributed by atoms with Crippen LogP contribution in [0.5, 0.6) is 5.88 Å². The summed E-state index contributed by atoms with van der Waals surface area (Å²) in [6.45, 7) is 3.03. The van der Waals surface area contributed by atoms with E-state index in [0.29, 0.717) is 53.2 Å². The van der Waals surface area contributed by atoms with Gasteiger partial charge in [-0.25, -0.2) is 19.2 Å². The molecule has 6 N–H and O–H groups in total. The van der Waals surface area contributed by atoms with Crippen LogP contribution >= 0.6 is 0 Å². The number of ether oxygens (including phenoxy) is 1. The van der Waals surface area contributed by atoms with Gasteiger partial charge in [0.15, 0.2) is 5.82 Å². The highest BCUT2D eigenvalue weighted by Crippen LogP contribution is 2.39. The Bertz CT molecular complexity index is 1250. The number of aliphatic hydroxyl groups excluding tert-OH is 1. The molecule has 3 heterocycles. The van der Waals surface area contributed by atoms with Gasteiger partial charge < -0.3 is 26.2 Å². The first-order valence-electron chi connectivity index (χ1n) is 10.9. The van der Waals surface area contributed by atoms with E-state index in [2.05, 4.69) is 25.9 Å². The van der Waals surface area contributed by atoms with Gasteiger partial charge in [0.05, 0.1) is 17.8 Å². The van der Waals surface area contributed by atoms with E-state index >= 15 is 4.39 Å². The Labute approximate surface area is 189 Å². The quantitative estimate of drug-likeness (QED) is 0.385. The zero-order valence-electron chi connectivity index (χ0n) is 18.1. The lowest BCUT2D eigenvalue weighted by Gasteiger charge is -2.22. The van der Waals surface area contributed by atoms with Gasteiger partial charge in [-0.1, -0.05) is 0 Å². The molecule has 10 heteroatoms. The number of carbonyl (C=O) groups excluding carboxylic acids is 1. The normalized spacial score (nSPS) is 19.5. The SMILES string of the molecule is Cc1c(-c2cc3cc(NC(=O)N[C@@H]4CCC[C@@H]4O)ncc3c(N)c2F)cnc2c1NCCO2. The molecule has 1 saturated carbocycles. The molecule has 2 aromatic heterocycles. The smallest absolute Gasteiger partial charge is 0.320 e. The highest BCUT2D eigenvalue weighted by Gasteiger charge is 2.27. The molecule has 1 aliphatic heterocycles. The Morgan fingerprint density at radius 1 is 1.27 bits per heavy atom. The van der Waals surface area contributed by atoms with Crippen LogP contribution in [0.25, 0.3) is 21.9 Å². The number of aromatic nitrogens is 2. The molecule has 172 valence electrons. The van der Waals surface area contributed by atoms with Crippen LogP contribution in [0.3, 0.4) is 0 Å². The summed E-state index contributed by atoms with van der Waals surface area (Å²) in [6.07, 6.45) is 4.74. The summed E-state index contributed by atoms with van der Waals surface area (Å²) in [5.41, 5.74) is 8.53. The molecule has 2 aliphatic rings. The van der Waals surface area contributed by atoms with Gasteiger partial charge in [0, 0.05) is 35.5 Å². The summed E-state index contributed by atoms with van der Waals surface area (Å²) in [7, 11) is 0. The first kappa shape index (κ1) is 21.2. The summed E-state index contributed by atoms with van der Waals surface area (Å²) in [6, 6.07) is 2.58. The average molecular weight is 452 g/mol. The van der Waals surface area contributed by atoms with Crippen LogP contribution in [0, 0.1) is 12.7 Å². The van der Waals surface area contributed by atoms with Crippen molar-refractivity contribution in [3.05, 3.63) is 35.9 Å². The van der Waals surface area contributed by atoms with Crippen LogP contribution in [-0.4, -0.2) is 46.4 Å². The summed E-state index contributed by atoms with van der Waals surface area (Å²) in [4.78, 5) is 20.9. The van der Waals surface area contributed by atoms with Crippen LogP contribution in [-0.2, 0) is 0 Å². The lowest BCUT2D eigenvalue weighted by atomic mass is 9.97. The third-order valence-electron chi connectivity index (χ3n) is 6.27. The number of hydrogen-bond acceptors (Lipinski definition) is 7. The van der Waals surface area contributed by atoms with Gasteiger partial charge in [-0.15, -0.1) is 0 Å². The van der Waals surface area contributed by atoms with Gasteiger partial charge in [-0.2, -0.15) is 0 Å². The third kappa shape index (κ3) is 3.86. The lowest BCUT2D eigenvalue weighted by molar-refractivity contribution is 0.151. The van der Waals surface area contributed by atoms with Crippen molar-refractivity contribution >= 4 is 34.0 Å². The second kappa shape index (κ2) is 8.36. The molecular formula is C23H25FN6O3. The first-order valence-corrected chi connectivity index (χ1v) is 10.9. The van der Waals surface area contributed by atoms with Gasteiger partial charge in [0.2, 0.25) is 5.88 Å². The van der Waals surface area contributed by atoms with Crippen LogP contribution in [0.1, 0.15) is 24.8 Å².